The molecule has 0 atom stereocenters. The van der Waals surface area contributed by atoms with Crippen molar-refractivity contribution in [2.45, 2.75) is 57.7 Å². The Balaban J connectivity index is 1.87. The third kappa shape index (κ3) is 4.53. The van der Waals surface area contributed by atoms with Gasteiger partial charge in [0.15, 0.2) is 0 Å². The Morgan fingerprint density at radius 3 is 2.52 bits per heavy atom. The average molecular weight is 488 g/mol. The summed E-state index contributed by atoms with van der Waals surface area (Å²) in [5, 5.41) is 0. The van der Waals surface area contributed by atoms with E-state index in [0.29, 0.717) is 16.2 Å². The maximum absolute atomic E-state index is 13.9. The number of ether oxygens (including phenoxy) is 2. The van der Waals surface area contributed by atoms with Crippen LogP contribution in [0.5, 0.6) is 5.88 Å². The van der Waals surface area contributed by atoms with Gasteiger partial charge in [-0.1, -0.05) is 0 Å². The number of aromatic nitrogens is 3. The highest BCUT2D eigenvalue weighted by molar-refractivity contribution is 9.10. The Bertz CT molecular complexity index is 1090. The van der Waals surface area contributed by atoms with E-state index in [9.17, 15) is 4.39 Å². The molecule has 1 aliphatic rings. The molecule has 1 fully saturated rings. The van der Waals surface area contributed by atoms with E-state index in [1.807, 2.05) is 22.9 Å². The molecule has 0 saturated carbocycles. The third-order valence-corrected chi connectivity index (χ3v) is 6.17. The molecule has 3 heterocycles. The molecule has 1 saturated heterocycles. The number of methoxy groups -OCH3 is 1. The van der Waals surface area contributed by atoms with E-state index >= 15 is 0 Å². The minimum atomic E-state index is -0.308. The van der Waals surface area contributed by atoms with E-state index < -0.39 is 0 Å². The molecular formula is C24H27BrFN3O2. The second kappa shape index (κ2) is 8.02. The molecule has 5 nitrogen and oxygen atoms in total. The second-order valence-electron chi connectivity index (χ2n) is 9.24. The van der Waals surface area contributed by atoms with Crippen LogP contribution in [0.1, 0.15) is 52.1 Å². The molecule has 164 valence electrons. The monoisotopic (exact) mass is 487 g/mol. The first-order chi connectivity index (χ1) is 14.6. The molecule has 3 aromatic rings. The van der Waals surface area contributed by atoms with Crippen LogP contribution in [0.25, 0.3) is 17.1 Å². The largest absolute Gasteiger partial charge is 0.480 e. The molecule has 0 unspecified atom stereocenters. The smallest absolute Gasteiger partial charge is 0.224 e. The summed E-state index contributed by atoms with van der Waals surface area (Å²) in [7, 11) is 1.60. The van der Waals surface area contributed by atoms with Crippen molar-refractivity contribution in [3.05, 3.63) is 58.7 Å². The molecule has 7 heteroatoms. The van der Waals surface area contributed by atoms with E-state index in [4.69, 9.17) is 14.5 Å². The maximum Gasteiger partial charge on any atom is 0.224 e. The first-order valence-electron chi connectivity index (χ1n) is 10.3. The number of hydrogen-bond donors (Lipinski definition) is 0. The maximum atomic E-state index is 13.9. The molecule has 4 rings (SSSR count). The predicted molar refractivity (Wildman–Crippen MR) is 122 cm³/mol. The lowest BCUT2D eigenvalue weighted by atomic mass is 9.79. The Morgan fingerprint density at radius 2 is 1.87 bits per heavy atom. The van der Waals surface area contributed by atoms with Crippen LogP contribution in [0, 0.1) is 5.82 Å². The summed E-state index contributed by atoms with van der Waals surface area (Å²) in [6.07, 6.45) is 5.46. The fourth-order valence-corrected chi connectivity index (χ4v) is 5.01. The van der Waals surface area contributed by atoms with E-state index in [0.717, 1.165) is 29.8 Å². The molecule has 0 spiro atoms. The minimum absolute atomic E-state index is 0.227. The van der Waals surface area contributed by atoms with Crippen molar-refractivity contribution in [1.82, 2.24) is 14.5 Å². The number of pyridine rings is 1. The van der Waals surface area contributed by atoms with E-state index in [2.05, 4.69) is 48.6 Å². The van der Waals surface area contributed by atoms with Gasteiger partial charge in [-0.25, -0.2) is 14.4 Å². The zero-order valence-corrected chi connectivity index (χ0v) is 20.0. The fraction of sp³-hybridized carbons (Fsp3) is 0.417. The summed E-state index contributed by atoms with van der Waals surface area (Å²) in [6, 6.07) is 8.74. The molecule has 2 aromatic heterocycles. The number of benzene rings is 1. The average Bonchev–Trinajstić information content (AvgIpc) is 3.13. The highest BCUT2D eigenvalue weighted by Crippen LogP contribution is 2.44. The van der Waals surface area contributed by atoms with Crippen molar-refractivity contribution in [2.24, 2.45) is 0 Å². The number of hydrogen-bond acceptors (Lipinski definition) is 4. The molecular weight excluding hydrogens is 461 g/mol. The van der Waals surface area contributed by atoms with Gasteiger partial charge in [0.05, 0.1) is 34.0 Å². The fourth-order valence-electron chi connectivity index (χ4n) is 4.64. The highest BCUT2D eigenvalue weighted by atomic mass is 79.9. The van der Waals surface area contributed by atoms with Crippen LogP contribution < -0.4 is 4.74 Å². The van der Waals surface area contributed by atoms with E-state index in [1.165, 1.54) is 6.07 Å². The summed E-state index contributed by atoms with van der Waals surface area (Å²) in [5.74, 6) is 1.12. The molecule has 1 aromatic carbocycles. The van der Waals surface area contributed by atoms with Crippen molar-refractivity contribution in [3.63, 3.8) is 0 Å². The van der Waals surface area contributed by atoms with Crippen molar-refractivity contribution in [2.75, 3.05) is 7.11 Å². The number of halogens is 2. The van der Waals surface area contributed by atoms with Gasteiger partial charge in [0.25, 0.3) is 0 Å². The lowest BCUT2D eigenvalue weighted by Crippen LogP contribution is -2.44. The van der Waals surface area contributed by atoms with Crippen LogP contribution in [-0.4, -0.2) is 32.8 Å². The normalized spacial score (nSPS) is 18.2. The minimum Gasteiger partial charge on any atom is -0.480 e. The molecule has 0 amide bonds. The predicted octanol–water partition coefficient (Wildman–Crippen LogP) is 6.30. The van der Waals surface area contributed by atoms with Gasteiger partial charge in [-0.15, -0.1) is 0 Å². The van der Waals surface area contributed by atoms with Crippen molar-refractivity contribution in [1.29, 1.82) is 0 Å². The first-order valence-corrected chi connectivity index (χ1v) is 11.1. The highest BCUT2D eigenvalue weighted by Gasteiger charge is 2.41. The van der Waals surface area contributed by atoms with Gasteiger partial charge >= 0.3 is 0 Å². The quantitative estimate of drug-likeness (QED) is 0.433. The summed E-state index contributed by atoms with van der Waals surface area (Å²) >= 11 is 3.30. The van der Waals surface area contributed by atoms with Gasteiger partial charge in [0.1, 0.15) is 11.6 Å². The summed E-state index contributed by atoms with van der Waals surface area (Å²) in [4.78, 5) is 9.39. The van der Waals surface area contributed by atoms with Crippen LogP contribution in [0.2, 0.25) is 0 Å². The Kier molecular flexibility index (Phi) is 5.68. The lowest BCUT2D eigenvalue weighted by molar-refractivity contribution is -0.162. The van der Waals surface area contributed by atoms with Crippen LogP contribution in [0.4, 0.5) is 4.39 Å². The Labute approximate surface area is 190 Å². The SMILES string of the molecule is COc1ncccc1-c1nc(C2CC(C)(C)OC(C)(C)C2)cn1-c1ccc(F)c(Br)c1. The Hall–Kier alpha value is -2.25. The van der Waals surface area contributed by atoms with Crippen LogP contribution >= 0.6 is 15.9 Å². The zero-order valence-electron chi connectivity index (χ0n) is 18.4. The van der Waals surface area contributed by atoms with Gasteiger partial charge < -0.3 is 9.47 Å². The van der Waals surface area contributed by atoms with Gasteiger partial charge in [0, 0.05) is 24.0 Å². The number of nitrogens with zero attached hydrogens (tertiary/aromatic N) is 3. The van der Waals surface area contributed by atoms with Crippen molar-refractivity contribution in [3.8, 4) is 23.0 Å². The summed E-state index contributed by atoms with van der Waals surface area (Å²) in [6.45, 7) is 8.50. The van der Waals surface area contributed by atoms with Gasteiger partial charge in [-0.3, -0.25) is 4.57 Å². The topological polar surface area (TPSA) is 49.2 Å². The van der Waals surface area contributed by atoms with Crippen LogP contribution in [0.3, 0.4) is 0 Å². The number of imidazole rings is 1. The first kappa shape index (κ1) is 22.0. The molecule has 1 aliphatic heterocycles. The van der Waals surface area contributed by atoms with E-state index in [-0.39, 0.29) is 22.9 Å². The van der Waals surface area contributed by atoms with Crippen LogP contribution in [-0.2, 0) is 4.74 Å². The lowest BCUT2D eigenvalue weighted by Gasteiger charge is -2.45. The molecule has 0 bridgehead atoms. The van der Waals surface area contributed by atoms with Gasteiger partial charge in [0.2, 0.25) is 5.88 Å². The van der Waals surface area contributed by atoms with Crippen LogP contribution in [0.15, 0.2) is 47.2 Å². The molecule has 0 N–H and O–H groups in total. The zero-order chi connectivity index (χ0) is 22.4. The molecule has 31 heavy (non-hydrogen) atoms. The standard InChI is InChI=1S/C24H27BrFN3O2/c1-23(2)12-15(13-24(3,4)31-23)20-14-29(16-8-9-19(26)18(25)11-16)21(28-20)17-7-6-10-27-22(17)30-5/h6-11,14-15H,12-13H2,1-5H3. The summed E-state index contributed by atoms with van der Waals surface area (Å²) in [5.41, 5.74) is 2.06. The molecule has 0 radical (unpaired) electrons. The molecule has 0 aliphatic carbocycles. The Morgan fingerprint density at radius 1 is 1.16 bits per heavy atom. The van der Waals surface area contributed by atoms with Crippen molar-refractivity contribution < 1.29 is 13.9 Å². The van der Waals surface area contributed by atoms with E-state index in [1.54, 1.807) is 25.4 Å². The second-order valence-corrected chi connectivity index (χ2v) is 10.1. The number of rotatable bonds is 4. The summed E-state index contributed by atoms with van der Waals surface area (Å²) < 4.78 is 28.1. The van der Waals surface area contributed by atoms with Crippen molar-refractivity contribution >= 4 is 15.9 Å². The van der Waals surface area contributed by atoms with Gasteiger partial charge in [-0.05, 0) is 86.8 Å². The van der Waals surface area contributed by atoms with Gasteiger partial charge in [-0.2, -0.15) is 0 Å². The third-order valence-electron chi connectivity index (χ3n) is 5.56.